The van der Waals surface area contributed by atoms with Gasteiger partial charge in [-0.1, -0.05) is 32.9 Å². The van der Waals surface area contributed by atoms with Gasteiger partial charge in [0.1, 0.15) is 11.8 Å². The summed E-state index contributed by atoms with van der Waals surface area (Å²) in [6, 6.07) is 9.83. The summed E-state index contributed by atoms with van der Waals surface area (Å²) in [4.78, 5) is 7.94. The van der Waals surface area contributed by atoms with Crippen LogP contribution in [0.25, 0.3) is 0 Å². The molecule has 0 N–H and O–H groups in total. The maximum Gasteiger partial charge on any atom is 0.256 e. The number of hydrogen-bond acceptors (Lipinski definition) is 4. The van der Waals surface area contributed by atoms with Crippen molar-refractivity contribution in [2.75, 3.05) is 0 Å². The summed E-state index contributed by atoms with van der Waals surface area (Å²) >= 11 is 0. The predicted molar refractivity (Wildman–Crippen MR) is 76.6 cm³/mol. The molecule has 0 aliphatic carbocycles. The molecule has 2 rings (SSSR count). The lowest BCUT2D eigenvalue weighted by Crippen LogP contribution is -2.14. The number of ether oxygens (including phenoxy) is 1. The van der Waals surface area contributed by atoms with Crippen molar-refractivity contribution in [1.82, 2.24) is 9.97 Å². The largest absolute Gasteiger partial charge is 0.437 e. The molecule has 4 heteroatoms. The van der Waals surface area contributed by atoms with Gasteiger partial charge >= 0.3 is 0 Å². The maximum atomic E-state index is 8.95. The molecule has 0 radical (unpaired) electrons. The summed E-state index contributed by atoms with van der Waals surface area (Å²) in [5, 5.41) is 8.95. The summed E-state index contributed by atoms with van der Waals surface area (Å²) < 4.78 is 5.61. The van der Waals surface area contributed by atoms with Crippen LogP contribution in [0.5, 0.6) is 11.6 Å². The zero-order valence-corrected chi connectivity index (χ0v) is 11.9. The Morgan fingerprint density at radius 3 is 2.40 bits per heavy atom. The predicted octanol–water partition coefficient (Wildman–Crippen LogP) is 3.83. The molecule has 4 nitrogen and oxygen atoms in total. The zero-order chi connectivity index (χ0) is 14.6. The molecule has 2 aromatic rings. The third-order valence-electron chi connectivity index (χ3n) is 3.50. The number of nitriles is 1. The van der Waals surface area contributed by atoms with E-state index in [-0.39, 0.29) is 17.0 Å². The lowest BCUT2D eigenvalue weighted by Gasteiger charge is -2.23. The van der Waals surface area contributed by atoms with Gasteiger partial charge in [0.2, 0.25) is 5.69 Å². The van der Waals surface area contributed by atoms with E-state index in [2.05, 4.69) is 30.7 Å². The highest BCUT2D eigenvalue weighted by Gasteiger charge is 2.17. The SMILES string of the molecule is CCC(C)(C)c1ccc(Oc2nccnc2C#N)cc1. The van der Waals surface area contributed by atoms with Crippen LogP contribution >= 0.6 is 0 Å². The van der Waals surface area contributed by atoms with E-state index in [9.17, 15) is 0 Å². The van der Waals surface area contributed by atoms with Gasteiger partial charge in [0, 0.05) is 12.4 Å². The Kier molecular flexibility index (Phi) is 3.99. The van der Waals surface area contributed by atoms with Crippen LogP contribution in [0.2, 0.25) is 0 Å². The summed E-state index contributed by atoms with van der Waals surface area (Å²) in [5.41, 5.74) is 1.58. The molecule has 0 aliphatic heterocycles. The summed E-state index contributed by atoms with van der Waals surface area (Å²) in [6.45, 7) is 6.59. The molecule has 0 atom stereocenters. The molecule has 20 heavy (non-hydrogen) atoms. The van der Waals surface area contributed by atoms with Crippen LogP contribution in [-0.4, -0.2) is 9.97 Å². The highest BCUT2D eigenvalue weighted by Crippen LogP contribution is 2.29. The number of hydrogen-bond donors (Lipinski definition) is 0. The molecule has 1 aromatic heterocycles. The summed E-state index contributed by atoms with van der Waals surface area (Å²) in [6.07, 6.45) is 4.04. The van der Waals surface area contributed by atoms with Crippen LogP contribution in [0.1, 0.15) is 38.4 Å². The Morgan fingerprint density at radius 1 is 1.15 bits per heavy atom. The van der Waals surface area contributed by atoms with Crippen molar-refractivity contribution in [3.05, 3.63) is 47.9 Å². The van der Waals surface area contributed by atoms with E-state index in [0.29, 0.717) is 5.75 Å². The van der Waals surface area contributed by atoms with Crippen molar-refractivity contribution in [1.29, 1.82) is 5.26 Å². The zero-order valence-electron chi connectivity index (χ0n) is 11.9. The Hall–Kier alpha value is -2.41. The second-order valence-electron chi connectivity index (χ2n) is 5.19. The van der Waals surface area contributed by atoms with Gasteiger partial charge in [0.05, 0.1) is 0 Å². The van der Waals surface area contributed by atoms with Crippen molar-refractivity contribution in [3.8, 4) is 17.7 Å². The minimum absolute atomic E-state index is 0.142. The number of benzene rings is 1. The van der Waals surface area contributed by atoms with Crippen LogP contribution < -0.4 is 4.74 Å². The number of nitrogens with zero attached hydrogens (tertiary/aromatic N) is 3. The van der Waals surface area contributed by atoms with Crippen molar-refractivity contribution in [2.24, 2.45) is 0 Å². The minimum atomic E-state index is 0.142. The molecular weight excluding hydrogens is 250 g/mol. The third kappa shape index (κ3) is 2.94. The number of rotatable bonds is 4. The van der Waals surface area contributed by atoms with Gasteiger partial charge in [-0.15, -0.1) is 0 Å². The first-order valence-electron chi connectivity index (χ1n) is 6.56. The standard InChI is InChI=1S/C16H17N3O/c1-4-16(2,3)12-5-7-13(8-6-12)20-15-14(11-17)18-9-10-19-15/h5-10H,4H2,1-3H3. The summed E-state index contributed by atoms with van der Waals surface area (Å²) in [7, 11) is 0. The third-order valence-corrected chi connectivity index (χ3v) is 3.50. The van der Waals surface area contributed by atoms with Crippen LogP contribution in [-0.2, 0) is 5.41 Å². The maximum absolute atomic E-state index is 8.95. The van der Waals surface area contributed by atoms with E-state index in [1.165, 1.54) is 18.0 Å². The molecule has 0 saturated heterocycles. The van der Waals surface area contributed by atoms with E-state index < -0.39 is 0 Å². The molecule has 0 fully saturated rings. The highest BCUT2D eigenvalue weighted by molar-refractivity contribution is 5.37. The lowest BCUT2D eigenvalue weighted by molar-refractivity contribution is 0.456. The molecule has 0 aliphatic rings. The van der Waals surface area contributed by atoms with E-state index in [1.54, 1.807) is 0 Å². The van der Waals surface area contributed by atoms with Crippen LogP contribution in [0, 0.1) is 11.3 Å². The fraction of sp³-hybridized carbons (Fsp3) is 0.312. The van der Waals surface area contributed by atoms with Gasteiger partial charge in [-0.3, -0.25) is 0 Å². The van der Waals surface area contributed by atoms with E-state index in [0.717, 1.165) is 6.42 Å². The van der Waals surface area contributed by atoms with Crippen LogP contribution in [0.4, 0.5) is 0 Å². The van der Waals surface area contributed by atoms with Gasteiger partial charge in [0.25, 0.3) is 5.88 Å². The number of aromatic nitrogens is 2. The lowest BCUT2D eigenvalue weighted by atomic mass is 9.82. The quantitative estimate of drug-likeness (QED) is 0.844. The Balaban J connectivity index is 2.22. The molecule has 0 spiro atoms. The highest BCUT2D eigenvalue weighted by atomic mass is 16.5. The van der Waals surface area contributed by atoms with Crippen molar-refractivity contribution in [2.45, 2.75) is 32.6 Å². The van der Waals surface area contributed by atoms with Gasteiger partial charge in [0.15, 0.2) is 0 Å². The average molecular weight is 267 g/mol. The first kappa shape index (κ1) is 14.0. The molecule has 1 heterocycles. The molecule has 1 aromatic carbocycles. The van der Waals surface area contributed by atoms with Crippen molar-refractivity contribution in [3.63, 3.8) is 0 Å². The van der Waals surface area contributed by atoms with E-state index in [1.807, 2.05) is 30.3 Å². The Morgan fingerprint density at radius 2 is 1.80 bits per heavy atom. The monoisotopic (exact) mass is 267 g/mol. The van der Waals surface area contributed by atoms with Crippen LogP contribution in [0.15, 0.2) is 36.7 Å². The second-order valence-corrected chi connectivity index (χ2v) is 5.19. The molecule has 0 bridgehead atoms. The van der Waals surface area contributed by atoms with Gasteiger partial charge < -0.3 is 4.74 Å². The fourth-order valence-electron chi connectivity index (χ4n) is 1.77. The van der Waals surface area contributed by atoms with Gasteiger partial charge in [-0.05, 0) is 29.5 Å². The molecule has 0 saturated carbocycles. The fourth-order valence-corrected chi connectivity index (χ4v) is 1.77. The van der Waals surface area contributed by atoms with Crippen molar-refractivity contribution < 1.29 is 4.74 Å². The first-order chi connectivity index (χ1) is 9.56. The Bertz CT molecular complexity index is 627. The minimum Gasteiger partial charge on any atom is -0.437 e. The van der Waals surface area contributed by atoms with Crippen molar-refractivity contribution >= 4 is 0 Å². The smallest absolute Gasteiger partial charge is 0.256 e. The normalized spacial score (nSPS) is 10.9. The van der Waals surface area contributed by atoms with Crippen LogP contribution in [0.3, 0.4) is 0 Å². The first-order valence-corrected chi connectivity index (χ1v) is 6.56. The van der Waals surface area contributed by atoms with E-state index in [4.69, 9.17) is 10.00 Å². The molecular formula is C16H17N3O. The Labute approximate surface area is 119 Å². The van der Waals surface area contributed by atoms with E-state index >= 15 is 0 Å². The molecule has 102 valence electrons. The average Bonchev–Trinajstić information content (AvgIpc) is 2.48. The van der Waals surface area contributed by atoms with Gasteiger partial charge in [-0.2, -0.15) is 5.26 Å². The van der Waals surface area contributed by atoms with Gasteiger partial charge in [-0.25, -0.2) is 9.97 Å². The topological polar surface area (TPSA) is 58.8 Å². The second kappa shape index (κ2) is 5.70. The summed E-state index contributed by atoms with van der Waals surface area (Å²) in [5.74, 6) is 0.884. The molecule has 0 unspecified atom stereocenters. The molecule has 0 amide bonds.